The first-order valence-electron chi connectivity index (χ1n) is 5.16. The second-order valence-corrected chi connectivity index (χ2v) is 5.77. The number of rotatable bonds is 5. The van der Waals surface area contributed by atoms with Crippen LogP contribution in [0.2, 0.25) is 0 Å². The number of hydrogen-bond acceptors (Lipinski definition) is 3. The lowest BCUT2D eigenvalue weighted by Crippen LogP contribution is -2.18. The number of anilines is 1. The van der Waals surface area contributed by atoms with Crippen molar-refractivity contribution in [1.29, 1.82) is 0 Å². The van der Waals surface area contributed by atoms with Gasteiger partial charge in [0.15, 0.2) is 0 Å². The fourth-order valence-electron chi connectivity index (χ4n) is 1.31. The Kier molecular flexibility index (Phi) is 4.32. The smallest absolute Gasteiger partial charge is 0.234 e. The van der Waals surface area contributed by atoms with E-state index in [0.717, 1.165) is 5.56 Å². The SMILES string of the molecule is CC(C)c1cccc(NS(=O)(=O)CCO)c1. The summed E-state index contributed by atoms with van der Waals surface area (Å²) in [6.07, 6.45) is 0. The minimum absolute atomic E-state index is 0.279. The molecule has 2 N–H and O–H groups in total. The molecule has 0 aliphatic carbocycles. The Hall–Kier alpha value is -1.07. The van der Waals surface area contributed by atoms with Crippen LogP contribution in [0, 0.1) is 0 Å². The highest BCUT2D eigenvalue weighted by atomic mass is 32.2. The summed E-state index contributed by atoms with van der Waals surface area (Å²) in [7, 11) is -3.43. The number of hydrogen-bond donors (Lipinski definition) is 2. The van der Waals surface area contributed by atoms with Gasteiger partial charge in [0.05, 0.1) is 12.4 Å². The molecule has 1 rings (SSSR count). The predicted octanol–water partition coefficient (Wildman–Crippen LogP) is 1.54. The van der Waals surface area contributed by atoms with Gasteiger partial charge in [-0.2, -0.15) is 0 Å². The summed E-state index contributed by atoms with van der Waals surface area (Å²) < 4.78 is 25.2. The average Bonchev–Trinajstić information content (AvgIpc) is 2.17. The number of aliphatic hydroxyl groups is 1. The van der Waals surface area contributed by atoms with E-state index in [-0.39, 0.29) is 12.4 Å². The maximum atomic E-state index is 11.4. The van der Waals surface area contributed by atoms with E-state index in [9.17, 15) is 8.42 Å². The Morgan fingerprint density at radius 2 is 2.06 bits per heavy atom. The summed E-state index contributed by atoms with van der Waals surface area (Å²) >= 11 is 0. The zero-order valence-corrected chi connectivity index (χ0v) is 10.3. The summed E-state index contributed by atoms with van der Waals surface area (Å²) in [6, 6.07) is 7.26. The van der Waals surface area contributed by atoms with Gasteiger partial charge < -0.3 is 5.11 Å². The lowest BCUT2D eigenvalue weighted by molar-refractivity contribution is 0.320. The highest BCUT2D eigenvalue weighted by Gasteiger charge is 2.09. The quantitative estimate of drug-likeness (QED) is 0.824. The predicted molar refractivity (Wildman–Crippen MR) is 65.0 cm³/mol. The largest absolute Gasteiger partial charge is 0.395 e. The van der Waals surface area contributed by atoms with E-state index in [1.54, 1.807) is 12.1 Å². The molecular weight excluding hydrogens is 226 g/mol. The van der Waals surface area contributed by atoms with E-state index in [4.69, 9.17) is 5.11 Å². The van der Waals surface area contributed by atoms with E-state index in [0.29, 0.717) is 11.6 Å². The van der Waals surface area contributed by atoms with Crippen molar-refractivity contribution in [2.45, 2.75) is 19.8 Å². The summed E-state index contributed by atoms with van der Waals surface area (Å²) in [5.41, 5.74) is 1.61. The van der Waals surface area contributed by atoms with Crippen molar-refractivity contribution in [1.82, 2.24) is 0 Å². The fourth-order valence-corrected chi connectivity index (χ4v) is 2.14. The minimum Gasteiger partial charge on any atom is -0.395 e. The maximum Gasteiger partial charge on any atom is 0.234 e. The van der Waals surface area contributed by atoms with E-state index in [2.05, 4.69) is 4.72 Å². The van der Waals surface area contributed by atoms with Crippen LogP contribution >= 0.6 is 0 Å². The molecule has 0 saturated heterocycles. The van der Waals surface area contributed by atoms with Crippen LogP contribution in [0.5, 0.6) is 0 Å². The molecule has 0 bridgehead atoms. The van der Waals surface area contributed by atoms with Crippen LogP contribution in [0.25, 0.3) is 0 Å². The zero-order chi connectivity index (χ0) is 12.2. The summed E-state index contributed by atoms with van der Waals surface area (Å²) in [6.45, 7) is 3.71. The number of benzene rings is 1. The molecule has 0 unspecified atom stereocenters. The third kappa shape index (κ3) is 3.83. The number of aliphatic hydroxyl groups excluding tert-OH is 1. The lowest BCUT2D eigenvalue weighted by Gasteiger charge is -2.10. The molecule has 0 atom stereocenters. The van der Waals surface area contributed by atoms with E-state index in [1.807, 2.05) is 26.0 Å². The Morgan fingerprint density at radius 1 is 1.38 bits per heavy atom. The van der Waals surface area contributed by atoms with Crippen molar-refractivity contribution >= 4 is 15.7 Å². The molecule has 4 nitrogen and oxygen atoms in total. The second kappa shape index (κ2) is 5.32. The molecule has 0 fully saturated rings. The molecule has 90 valence electrons. The van der Waals surface area contributed by atoms with Crippen LogP contribution in [-0.2, 0) is 10.0 Å². The summed E-state index contributed by atoms with van der Waals surface area (Å²) in [5, 5.41) is 8.60. The van der Waals surface area contributed by atoms with Crippen LogP contribution < -0.4 is 4.72 Å². The van der Waals surface area contributed by atoms with Crippen LogP contribution in [0.1, 0.15) is 25.3 Å². The molecule has 0 amide bonds. The molecule has 0 aliphatic heterocycles. The van der Waals surface area contributed by atoms with E-state index >= 15 is 0 Å². The monoisotopic (exact) mass is 243 g/mol. The Balaban J connectivity index is 2.86. The molecule has 1 aromatic carbocycles. The van der Waals surface area contributed by atoms with E-state index in [1.165, 1.54) is 0 Å². The standard InChI is InChI=1S/C11H17NO3S/c1-9(2)10-4-3-5-11(8-10)12-16(14,15)7-6-13/h3-5,8-9,12-13H,6-7H2,1-2H3. The van der Waals surface area contributed by atoms with Crippen LogP contribution in [0.4, 0.5) is 5.69 Å². The molecule has 5 heteroatoms. The van der Waals surface area contributed by atoms with Gasteiger partial charge in [0.25, 0.3) is 0 Å². The number of nitrogens with one attached hydrogen (secondary N) is 1. The molecular formula is C11H17NO3S. The van der Waals surface area contributed by atoms with Crippen molar-refractivity contribution in [2.75, 3.05) is 17.1 Å². The third-order valence-electron chi connectivity index (χ3n) is 2.19. The van der Waals surface area contributed by atoms with Gasteiger partial charge in [0, 0.05) is 5.69 Å². The normalized spacial score (nSPS) is 11.8. The molecule has 0 spiro atoms. The maximum absolute atomic E-state index is 11.4. The van der Waals surface area contributed by atoms with Crippen molar-refractivity contribution in [3.8, 4) is 0 Å². The highest BCUT2D eigenvalue weighted by Crippen LogP contribution is 2.19. The van der Waals surface area contributed by atoms with Crippen molar-refractivity contribution in [3.05, 3.63) is 29.8 Å². The molecule has 0 saturated carbocycles. The molecule has 0 radical (unpaired) electrons. The average molecular weight is 243 g/mol. The van der Waals surface area contributed by atoms with Crippen molar-refractivity contribution in [3.63, 3.8) is 0 Å². The first kappa shape index (κ1) is 13.0. The molecule has 0 aromatic heterocycles. The van der Waals surface area contributed by atoms with Gasteiger partial charge in [-0.1, -0.05) is 26.0 Å². The van der Waals surface area contributed by atoms with Gasteiger partial charge in [-0.15, -0.1) is 0 Å². The Labute approximate surface area is 96.4 Å². The van der Waals surface area contributed by atoms with Gasteiger partial charge in [0.1, 0.15) is 0 Å². The first-order valence-corrected chi connectivity index (χ1v) is 6.81. The van der Waals surface area contributed by atoms with Crippen molar-refractivity contribution in [2.24, 2.45) is 0 Å². The highest BCUT2D eigenvalue weighted by molar-refractivity contribution is 7.92. The number of sulfonamides is 1. The van der Waals surface area contributed by atoms with Gasteiger partial charge >= 0.3 is 0 Å². The zero-order valence-electron chi connectivity index (χ0n) is 9.47. The van der Waals surface area contributed by atoms with Crippen LogP contribution in [0.3, 0.4) is 0 Å². The second-order valence-electron chi connectivity index (χ2n) is 3.92. The van der Waals surface area contributed by atoms with Gasteiger partial charge in [-0.05, 0) is 23.6 Å². The first-order chi connectivity index (χ1) is 7.44. The topological polar surface area (TPSA) is 66.4 Å². The third-order valence-corrected chi connectivity index (χ3v) is 3.45. The molecule has 16 heavy (non-hydrogen) atoms. The minimum atomic E-state index is -3.43. The van der Waals surface area contributed by atoms with Gasteiger partial charge in [-0.3, -0.25) is 4.72 Å². The molecule has 0 aliphatic rings. The summed E-state index contributed by atoms with van der Waals surface area (Å²) in [5.74, 6) is 0.0705. The Bertz CT molecular complexity index is 440. The Morgan fingerprint density at radius 3 is 2.62 bits per heavy atom. The fraction of sp³-hybridized carbons (Fsp3) is 0.455. The van der Waals surface area contributed by atoms with Gasteiger partial charge in [0.2, 0.25) is 10.0 Å². The lowest BCUT2D eigenvalue weighted by atomic mass is 10.0. The van der Waals surface area contributed by atoms with E-state index < -0.39 is 10.0 Å². The van der Waals surface area contributed by atoms with Crippen molar-refractivity contribution < 1.29 is 13.5 Å². The molecule has 1 aromatic rings. The van der Waals surface area contributed by atoms with Crippen LogP contribution in [0.15, 0.2) is 24.3 Å². The van der Waals surface area contributed by atoms with Crippen LogP contribution in [-0.4, -0.2) is 25.9 Å². The summed E-state index contributed by atoms with van der Waals surface area (Å²) in [4.78, 5) is 0. The van der Waals surface area contributed by atoms with Gasteiger partial charge in [-0.25, -0.2) is 8.42 Å². The molecule has 0 heterocycles.